The van der Waals surface area contributed by atoms with E-state index in [1.54, 1.807) is 13.0 Å². The van der Waals surface area contributed by atoms with Gasteiger partial charge in [0, 0.05) is 11.5 Å². The Morgan fingerprint density at radius 3 is 2.43 bits per heavy atom. The van der Waals surface area contributed by atoms with Gasteiger partial charge in [0.05, 0.1) is 6.54 Å². The van der Waals surface area contributed by atoms with Gasteiger partial charge >= 0.3 is 6.03 Å². The first-order valence-corrected chi connectivity index (χ1v) is 7.48. The summed E-state index contributed by atoms with van der Waals surface area (Å²) in [4.78, 5) is 11.9. The molecule has 1 atom stereocenters. The molecule has 124 valence electrons. The molecule has 0 bridgehead atoms. The molecule has 0 fully saturated rings. The van der Waals surface area contributed by atoms with E-state index >= 15 is 0 Å². The molecule has 0 saturated carbocycles. The van der Waals surface area contributed by atoms with Crippen LogP contribution in [0.1, 0.15) is 39.0 Å². The Bertz CT molecular complexity index is 657. The van der Waals surface area contributed by atoms with E-state index in [0.717, 1.165) is 5.56 Å². The molecule has 0 aliphatic carbocycles. The fourth-order valence-corrected chi connectivity index (χ4v) is 2.00. The van der Waals surface area contributed by atoms with Crippen molar-refractivity contribution in [1.29, 1.82) is 0 Å². The zero-order valence-electron chi connectivity index (χ0n) is 13.9. The third-order valence-corrected chi connectivity index (χ3v) is 3.48. The lowest BCUT2D eigenvalue weighted by Gasteiger charge is -2.24. The first-order valence-electron chi connectivity index (χ1n) is 7.48. The highest BCUT2D eigenvalue weighted by Gasteiger charge is 2.24. The maximum atomic E-state index is 11.9. The van der Waals surface area contributed by atoms with E-state index in [1.807, 2.05) is 51.1 Å². The number of carbonyl (C=O) groups is 1. The quantitative estimate of drug-likeness (QED) is 0.809. The highest BCUT2D eigenvalue weighted by atomic mass is 16.5. The number of aliphatic hydroxyl groups is 1. The minimum Gasteiger partial charge on any atom is -0.384 e. The van der Waals surface area contributed by atoms with E-state index in [0.29, 0.717) is 11.6 Å². The molecular formula is C17H23N3O3. The van der Waals surface area contributed by atoms with Crippen molar-refractivity contribution in [3.63, 3.8) is 0 Å². The van der Waals surface area contributed by atoms with Crippen LogP contribution in [0.15, 0.2) is 40.9 Å². The van der Waals surface area contributed by atoms with Crippen molar-refractivity contribution in [3.05, 3.63) is 47.7 Å². The Kier molecular flexibility index (Phi) is 4.75. The van der Waals surface area contributed by atoms with Gasteiger partial charge in [-0.3, -0.25) is 5.32 Å². The molecule has 3 N–H and O–H groups in total. The number of nitrogens with zero attached hydrogens (tertiary/aromatic N) is 1. The van der Waals surface area contributed by atoms with Crippen LogP contribution < -0.4 is 10.6 Å². The zero-order chi connectivity index (χ0) is 17.1. The van der Waals surface area contributed by atoms with Crippen molar-refractivity contribution in [1.82, 2.24) is 10.5 Å². The van der Waals surface area contributed by atoms with E-state index < -0.39 is 11.6 Å². The third kappa shape index (κ3) is 4.56. The van der Waals surface area contributed by atoms with Crippen LogP contribution in [0.5, 0.6) is 0 Å². The summed E-state index contributed by atoms with van der Waals surface area (Å²) in [7, 11) is 0. The monoisotopic (exact) mass is 317 g/mol. The van der Waals surface area contributed by atoms with Crippen LogP contribution >= 0.6 is 0 Å². The predicted octanol–water partition coefficient (Wildman–Crippen LogP) is 3.00. The molecule has 6 nitrogen and oxygen atoms in total. The average Bonchev–Trinajstić information content (AvgIpc) is 2.95. The molecule has 2 aromatic rings. The molecule has 1 aromatic carbocycles. The largest absolute Gasteiger partial charge is 0.384 e. The van der Waals surface area contributed by atoms with E-state index in [1.165, 1.54) is 0 Å². The number of benzene rings is 1. The van der Waals surface area contributed by atoms with Gasteiger partial charge < -0.3 is 14.9 Å². The molecule has 0 radical (unpaired) electrons. The minimum atomic E-state index is -1.15. The standard InChI is InChI=1S/C17H23N3O3/c1-16(2,3)13-10-14(20-23-13)19-15(21)18-11-17(4,22)12-8-6-5-7-9-12/h5-10,22H,11H2,1-4H3,(H2,18,19,20,21). The van der Waals surface area contributed by atoms with E-state index in [2.05, 4.69) is 15.8 Å². The molecule has 1 aromatic heterocycles. The number of aromatic nitrogens is 1. The Labute approximate surface area is 135 Å². The number of rotatable bonds is 4. The van der Waals surface area contributed by atoms with Crippen LogP contribution in [-0.4, -0.2) is 22.8 Å². The van der Waals surface area contributed by atoms with E-state index in [4.69, 9.17) is 4.52 Å². The number of hydrogen-bond donors (Lipinski definition) is 3. The Morgan fingerprint density at radius 1 is 1.22 bits per heavy atom. The van der Waals surface area contributed by atoms with E-state index in [9.17, 15) is 9.90 Å². The van der Waals surface area contributed by atoms with Gasteiger partial charge in [-0.05, 0) is 12.5 Å². The molecule has 6 heteroatoms. The van der Waals surface area contributed by atoms with Gasteiger partial charge in [0.2, 0.25) is 0 Å². The van der Waals surface area contributed by atoms with Crippen LogP contribution in [0.3, 0.4) is 0 Å². The van der Waals surface area contributed by atoms with Crippen molar-refractivity contribution < 1.29 is 14.4 Å². The number of nitrogens with one attached hydrogen (secondary N) is 2. The maximum absolute atomic E-state index is 11.9. The highest BCUT2D eigenvalue weighted by Crippen LogP contribution is 2.24. The molecule has 0 saturated heterocycles. The lowest BCUT2D eigenvalue weighted by molar-refractivity contribution is 0.0599. The molecule has 2 amide bonds. The Hall–Kier alpha value is -2.34. The van der Waals surface area contributed by atoms with Gasteiger partial charge in [-0.1, -0.05) is 56.3 Å². The fraction of sp³-hybridized carbons (Fsp3) is 0.412. The fourth-order valence-electron chi connectivity index (χ4n) is 2.00. The van der Waals surface area contributed by atoms with Crippen molar-refractivity contribution in [3.8, 4) is 0 Å². The van der Waals surface area contributed by atoms with Gasteiger partial charge in [-0.15, -0.1) is 0 Å². The lowest BCUT2D eigenvalue weighted by atomic mass is 9.93. The van der Waals surface area contributed by atoms with Gasteiger partial charge in [-0.25, -0.2) is 4.79 Å². The van der Waals surface area contributed by atoms with Crippen molar-refractivity contribution in [2.45, 2.75) is 38.7 Å². The number of anilines is 1. The summed E-state index contributed by atoms with van der Waals surface area (Å²) in [5.74, 6) is 1.02. The van der Waals surface area contributed by atoms with Crippen LogP contribution in [0.25, 0.3) is 0 Å². The average molecular weight is 317 g/mol. The molecule has 1 unspecified atom stereocenters. The third-order valence-electron chi connectivity index (χ3n) is 3.48. The topological polar surface area (TPSA) is 87.4 Å². The molecule has 0 aliphatic rings. The second-order valence-corrected chi connectivity index (χ2v) is 6.77. The first kappa shape index (κ1) is 17.0. The number of urea groups is 1. The summed E-state index contributed by atoms with van der Waals surface area (Å²) >= 11 is 0. The molecule has 23 heavy (non-hydrogen) atoms. The lowest BCUT2D eigenvalue weighted by Crippen LogP contribution is -2.40. The molecule has 2 rings (SSSR count). The van der Waals surface area contributed by atoms with Crippen molar-refractivity contribution in [2.75, 3.05) is 11.9 Å². The Balaban J connectivity index is 1.91. The molecule has 1 heterocycles. The predicted molar refractivity (Wildman–Crippen MR) is 88.2 cm³/mol. The minimum absolute atomic E-state index is 0.0762. The second kappa shape index (κ2) is 6.42. The van der Waals surface area contributed by atoms with Gasteiger partial charge in [0.1, 0.15) is 11.4 Å². The summed E-state index contributed by atoms with van der Waals surface area (Å²) in [6, 6.07) is 10.4. The maximum Gasteiger partial charge on any atom is 0.320 e. The van der Waals surface area contributed by atoms with E-state index in [-0.39, 0.29) is 12.0 Å². The van der Waals surface area contributed by atoms with Gasteiger partial charge in [0.25, 0.3) is 0 Å². The van der Waals surface area contributed by atoms with Crippen LogP contribution in [0, 0.1) is 0 Å². The van der Waals surface area contributed by atoms with Gasteiger partial charge in [0.15, 0.2) is 5.82 Å². The zero-order valence-corrected chi connectivity index (χ0v) is 13.9. The Morgan fingerprint density at radius 2 is 1.87 bits per heavy atom. The number of hydrogen-bond acceptors (Lipinski definition) is 4. The first-order chi connectivity index (χ1) is 10.7. The number of amides is 2. The summed E-state index contributed by atoms with van der Waals surface area (Å²) in [5.41, 5.74) is -0.601. The van der Waals surface area contributed by atoms with Crippen LogP contribution in [0.4, 0.5) is 10.6 Å². The molecule has 0 aliphatic heterocycles. The smallest absolute Gasteiger partial charge is 0.320 e. The van der Waals surface area contributed by atoms with Crippen molar-refractivity contribution in [2.24, 2.45) is 0 Å². The van der Waals surface area contributed by atoms with Crippen molar-refractivity contribution >= 4 is 11.8 Å². The highest BCUT2D eigenvalue weighted by molar-refractivity contribution is 5.88. The number of carbonyl (C=O) groups excluding carboxylic acids is 1. The molecular weight excluding hydrogens is 294 g/mol. The summed E-state index contributed by atoms with van der Waals surface area (Å²) in [5, 5.41) is 19.5. The summed E-state index contributed by atoms with van der Waals surface area (Å²) in [6.07, 6.45) is 0. The second-order valence-electron chi connectivity index (χ2n) is 6.77. The molecule has 0 spiro atoms. The van der Waals surface area contributed by atoms with Gasteiger partial charge in [-0.2, -0.15) is 0 Å². The van der Waals surface area contributed by atoms with Crippen LogP contribution in [-0.2, 0) is 11.0 Å². The SMILES string of the molecule is CC(C)(C)c1cc(NC(=O)NCC(C)(O)c2ccccc2)no1. The summed E-state index contributed by atoms with van der Waals surface area (Å²) < 4.78 is 5.20. The normalized spacial score (nSPS) is 14.1. The van der Waals surface area contributed by atoms with Crippen LogP contribution in [0.2, 0.25) is 0 Å². The summed E-state index contributed by atoms with van der Waals surface area (Å²) in [6.45, 7) is 7.71.